The first-order chi connectivity index (χ1) is 14.0. The molecule has 0 aliphatic carbocycles. The molecule has 10 nitrogen and oxygen atoms in total. The predicted octanol–water partition coefficient (Wildman–Crippen LogP) is 2.77. The van der Waals surface area contributed by atoms with Crippen molar-refractivity contribution in [1.82, 2.24) is 30.7 Å². The summed E-state index contributed by atoms with van der Waals surface area (Å²) in [6.45, 7) is 1.75. The van der Waals surface area contributed by atoms with Gasteiger partial charge in [-0.1, -0.05) is 35.0 Å². The second kappa shape index (κ2) is 7.81. The molecule has 12 heteroatoms. The van der Waals surface area contributed by atoms with Crippen molar-refractivity contribution < 1.29 is 9.42 Å². The first kappa shape index (κ1) is 18.8. The lowest BCUT2D eigenvalue weighted by molar-refractivity contribution is 0.0950. The van der Waals surface area contributed by atoms with Gasteiger partial charge in [0.25, 0.3) is 5.91 Å². The molecule has 0 radical (unpaired) electrons. The minimum Gasteiger partial charge on any atom is -0.378 e. The number of nitrogen functional groups attached to an aromatic ring is 1. The first-order valence-corrected chi connectivity index (χ1v) is 9.49. The molecule has 3 aromatic heterocycles. The average molecular weight is 429 g/mol. The molecule has 0 aliphatic rings. The van der Waals surface area contributed by atoms with Crippen LogP contribution in [-0.2, 0) is 0 Å². The van der Waals surface area contributed by atoms with Gasteiger partial charge in [-0.05, 0) is 46.4 Å². The van der Waals surface area contributed by atoms with E-state index in [1.165, 1.54) is 16.0 Å². The average Bonchev–Trinajstić information content (AvgIpc) is 3.45. The van der Waals surface area contributed by atoms with Gasteiger partial charge in [-0.25, -0.2) is 10.1 Å². The topological polar surface area (TPSA) is 137 Å². The molecule has 29 heavy (non-hydrogen) atoms. The Balaban J connectivity index is 1.68. The highest BCUT2D eigenvalue weighted by Crippen LogP contribution is 2.29. The monoisotopic (exact) mass is 428 g/mol. The van der Waals surface area contributed by atoms with Crippen LogP contribution in [0.2, 0.25) is 5.02 Å². The summed E-state index contributed by atoms with van der Waals surface area (Å²) in [7, 11) is 0. The van der Waals surface area contributed by atoms with Crippen LogP contribution in [0.4, 0.5) is 5.82 Å². The van der Waals surface area contributed by atoms with E-state index in [2.05, 4.69) is 35.8 Å². The molecule has 4 aromatic rings. The van der Waals surface area contributed by atoms with E-state index in [4.69, 9.17) is 17.3 Å². The van der Waals surface area contributed by atoms with Crippen LogP contribution in [0.1, 0.15) is 23.0 Å². The number of hydrogen-bond acceptors (Lipinski definition) is 9. The number of nitrogens with two attached hydrogens (primary N) is 1. The number of thiophene rings is 1. The number of rotatable bonds is 5. The molecule has 1 aromatic carbocycles. The smallest absolute Gasteiger partial charge is 0.294 e. The van der Waals surface area contributed by atoms with Gasteiger partial charge in [-0.15, -0.1) is 16.4 Å². The summed E-state index contributed by atoms with van der Waals surface area (Å²) in [6.07, 6.45) is 0. The number of hydrazone groups is 1. The molecule has 0 saturated carbocycles. The fourth-order valence-corrected chi connectivity index (χ4v) is 3.47. The van der Waals surface area contributed by atoms with Crippen LogP contribution in [0.3, 0.4) is 0 Å². The lowest BCUT2D eigenvalue weighted by atomic mass is 10.1. The van der Waals surface area contributed by atoms with Crippen LogP contribution >= 0.6 is 22.9 Å². The van der Waals surface area contributed by atoms with Crippen molar-refractivity contribution >= 4 is 40.4 Å². The van der Waals surface area contributed by atoms with Crippen LogP contribution in [-0.4, -0.2) is 36.9 Å². The van der Waals surface area contributed by atoms with E-state index in [9.17, 15) is 4.79 Å². The molecular formula is C17H13ClN8O2S. The standard InChI is InChI=1S/C17H13ClN8O2S/c1-9(10-4-2-5-11(18)8-10)20-22-17(27)13-14(12-6-3-7-29-12)26(25-21-13)16-15(19)23-28-24-16/h2-8H,1H3,(H2,19,23)(H,22,27)/b20-9-. The van der Waals surface area contributed by atoms with Crippen LogP contribution in [0.15, 0.2) is 51.5 Å². The van der Waals surface area contributed by atoms with E-state index in [0.29, 0.717) is 16.4 Å². The number of benzene rings is 1. The molecule has 0 unspecified atom stereocenters. The van der Waals surface area contributed by atoms with Crippen molar-refractivity contribution in [3.8, 4) is 16.4 Å². The summed E-state index contributed by atoms with van der Waals surface area (Å²) in [6, 6.07) is 10.8. The summed E-state index contributed by atoms with van der Waals surface area (Å²) in [5.74, 6) is -0.385. The van der Waals surface area contributed by atoms with E-state index in [-0.39, 0.29) is 17.3 Å². The maximum Gasteiger partial charge on any atom is 0.294 e. The zero-order valence-electron chi connectivity index (χ0n) is 14.9. The van der Waals surface area contributed by atoms with Crippen LogP contribution in [0.5, 0.6) is 0 Å². The van der Waals surface area contributed by atoms with E-state index in [1.807, 2.05) is 23.6 Å². The van der Waals surface area contributed by atoms with Crippen molar-refractivity contribution in [3.63, 3.8) is 0 Å². The van der Waals surface area contributed by atoms with Gasteiger partial charge in [0.15, 0.2) is 5.69 Å². The Hall–Kier alpha value is -3.57. The molecular weight excluding hydrogens is 416 g/mol. The Morgan fingerprint density at radius 1 is 1.31 bits per heavy atom. The second-order valence-corrected chi connectivity index (χ2v) is 7.18. The van der Waals surface area contributed by atoms with Gasteiger partial charge in [0, 0.05) is 5.02 Å². The van der Waals surface area contributed by atoms with Gasteiger partial charge in [0.05, 0.1) is 10.6 Å². The summed E-state index contributed by atoms with van der Waals surface area (Å²) >= 11 is 7.40. The molecule has 146 valence electrons. The maximum absolute atomic E-state index is 12.8. The Kier molecular flexibility index (Phi) is 5.06. The van der Waals surface area contributed by atoms with E-state index >= 15 is 0 Å². The first-order valence-electron chi connectivity index (χ1n) is 8.23. The predicted molar refractivity (Wildman–Crippen MR) is 108 cm³/mol. The van der Waals surface area contributed by atoms with Gasteiger partial charge in [0.1, 0.15) is 5.69 Å². The number of nitrogens with one attached hydrogen (secondary N) is 1. The Morgan fingerprint density at radius 2 is 2.17 bits per heavy atom. The van der Waals surface area contributed by atoms with E-state index in [0.717, 1.165) is 10.4 Å². The quantitative estimate of drug-likeness (QED) is 0.368. The molecule has 0 saturated heterocycles. The van der Waals surface area contributed by atoms with Crippen molar-refractivity contribution in [1.29, 1.82) is 0 Å². The molecule has 0 fully saturated rings. The number of amides is 1. The number of anilines is 1. The Bertz CT molecular complexity index is 1200. The van der Waals surface area contributed by atoms with Crippen molar-refractivity contribution in [3.05, 3.63) is 58.1 Å². The highest BCUT2D eigenvalue weighted by Gasteiger charge is 2.25. The van der Waals surface area contributed by atoms with E-state index < -0.39 is 5.91 Å². The fraction of sp³-hybridized carbons (Fsp3) is 0.0588. The molecule has 1 amide bonds. The van der Waals surface area contributed by atoms with Crippen LogP contribution in [0, 0.1) is 0 Å². The SMILES string of the molecule is C/C(=N/NC(=O)c1nnn(-c2nonc2N)c1-c1cccs1)c1cccc(Cl)c1. The third-order valence-electron chi connectivity index (χ3n) is 3.90. The Morgan fingerprint density at radius 3 is 2.86 bits per heavy atom. The molecule has 3 heterocycles. The summed E-state index contributed by atoms with van der Waals surface area (Å²) in [5, 5.41) is 21.8. The molecule has 0 aliphatic heterocycles. The van der Waals surface area contributed by atoms with Gasteiger partial charge in [-0.3, -0.25) is 4.79 Å². The minimum atomic E-state index is -0.545. The van der Waals surface area contributed by atoms with Gasteiger partial charge in [-0.2, -0.15) is 9.78 Å². The normalized spacial score (nSPS) is 11.6. The molecule has 0 atom stereocenters. The van der Waals surface area contributed by atoms with Crippen molar-refractivity contribution in [2.24, 2.45) is 5.10 Å². The zero-order chi connectivity index (χ0) is 20.4. The number of nitrogens with zero attached hydrogens (tertiary/aromatic N) is 6. The largest absolute Gasteiger partial charge is 0.378 e. The lowest BCUT2D eigenvalue weighted by Gasteiger charge is -2.04. The summed E-state index contributed by atoms with van der Waals surface area (Å²) in [5.41, 5.74) is 10.1. The van der Waals surface area contributed by atoms with Crippen molar-refractivity contribution in [2.75, 3.05) is 5.73 Å². The lowest BCUT2D eigenvalue weighted by Crippen LogP contribution is -2.20. The number of halogens is 1. The highest BCUT2D eigenvalue weighted by molar-refractivity contribution is 7.13. The third kappa shape index (κ3) is 3.73. The fourth-order valence-electron chi connectivity index (χ4n) is 2.52. The number of carbonyl (C=O) groups is 1. The zero-order valence-corrected chi connectivity index (χ0v) is 16.5. The van der Waals surface area contributed by atoms with Crippen molar-refractivity contribution in [2.45, 2.75) is 6.92 Å². The highest BCUT2D eigenvalue weighted by atomic mass is 35.5. The van der Waals surface area contributed by atoms with Crippen LogP contribution in [0.25, 0.3) is 16.4 Å². The summed E-state index contributed by atoms with van der Waals surface area (Å²) < 4.78 is 5.94. The number of carbonyl (C=O) groups excluding carboxylic acids is 1. The van der Waals surface area contributed by atoms with Gasteiger partial charge < -0.3 is 5.73 Å². The molecule has 4 rings (SSSR count). The Labute approximate surface area is 172 Å². The maximum atomic E-state index is 12.8. The summed E-state index contributed by atoms with van der Waals surface area (Å²) in [4.78, 5) is 13.5. The third-order valence-corrected chi connectivity index (χ3v) is 5.02. The molecule has 0 spiro atoms. The second-order valence-electron chi connectivity index (χ2n) is 5.80. The van der Waals surface area contributed by atoms with E-state index in [1.54, 1.807) is 25.1 Å². The number of hydrogen-bond donors (Lipinski definition) is 2. The molecule has 0 bridgehead atoms. The van der Waals surface area contributed by atoms with Crippen LogP contribution < -0.4 is 11.2 Å². The van der Waals surface area contributed by atoms with Gasteiger partial charge in [0.2, 0.25) is 11.6 Å². The number of aromatic nitrogens is 5. The minimum absolute atomic E-state index is 0.0227. The molecule has 3 N–H and O–H groups in total. The van der Waals surface area contributed by atoms with Gasteiger partial charge >= 0.3 is 0 Å².